The van der Waals surface area contributed by atoms with E-state index in [1.54, 1.807) is 0 Å². The summed E-state index contributed by atoms with van der Waals surface area (Å²) in [6.45, 7) is 0. The zero-order chi connectivity index (χ0) is 8.48. The van der Waals surface area contributed by atoms with Gasteiger partial charge in [-0.2, -0.15) is 0 Å². The summed E-state index contributed by atoms with van der Waals surface area (Å²) < 4.78 is 22.2. The van der Waals surface area contributed by atoms with Crippen molar-refractivity contribution < 1.29 is 8.42 Å². The SMILES string of the molecule is CS(=O)(=O)C1CCCCC1N.Cl. The number of sulfone groups is 1. The van der Waals surface area contributed by atoms with Crippen LogP contribution in [0.4, 0.5) is 0 Å². The van der Waals surface area contributed by atoms with Gasteiger partial charge in [0.15, 0.2) is 9.84 Å². The van der Waals surface area contributed by atoms with Crippen LogP contribution in [-0.2, 0) is 9.84 Å². The van der Waals surface area contributed by atoms with E-state index in [-0.39, 0.29) is 23.7 Å². The average Bonchev–Trinajstić information content (AvgIpc) is 1.86. The molecule has 74 valence electrons. The van der Waals surface area contributed by atoms with Gasteiger partial charge in [-0.05, 0) is 12.8 Å². The molecule has 1 aliphatic rings. The molecule has 0 bridgehead atoms. The van der Waals surface area contributed by atoms with Gasteiger partial charge in [0.2, 0.25) is 0 Å². The molecule has 1 rings (SSSR count). The van der Waals surface area contributed by atoms with Crippen molar-refractivity contribution >= 4 is 22.2 Å². The first kappa shape index (κ1) is 12.2. The molecule has 1 saturated carbocycles. The van der Waals surface area contributed by atoms with Gasteiger partial charge in [0.25, 0.3) is 0 Å². The molecule has 2 N–H and O–H groups in total. The van der Waals surface area contributed by atoms with Gasteiger partial charge in [-0.3, -0.25) is 0 Å². The zero-order valence-electron chi connectivity index (χ0n) is 7.19. The van der Waals surface area contributed by atoms with E-state index in [9.17, 15) is 8.42 Å². The summed E-state index contributed by atoms with van der Waals surface area (Å²) in [7, 11) is -2.90. The minimum absolute atomic E-state index is 0. The van der Waals surface area contributed by atoms with Crippen LogP contribution in [0.15, 0.2) is 0 Å². The molecule has 12 heavy (non-hydrogen) atoms. The Kier molecular flexibility index (Phi) is 4.51. The second-order valence-electron chi connectivity index (χ2n) is 3.32. The fraction of sp³-hybridized carbons (Fsp3) is 1.00. The molecular weight excluding hydrogens is 198 g/mol. The molecular formula is C7H16ClNO2S. The van der Waals surface area contributed by atoms with Gasteiger partial charge in [0.1, 0.15) is 0 Å². The molecule has 1 aliphatic carbocycles. The van der Waals surface area contributed by atoms with Crippen LogP contribution in [0.2, 0.25) is 0 Å². The van der Waals surface area contributed by atoms with E-state index in [0.717, 1.165) is 25.7 Å². The Labute approximate surface area is 80.0 Å². The van der Waals surface area contributed by atoms with Crippen LogP contribution >= 0.6 is 12.4 Å². The highest BCUT2D eigenvalue weighted by Gasteiger charge is 2.29. The lowest BCUT2D eigenvalue weighted by Crippen LogP contribution is -2.42. The molecule has 3 nitrogen and oxygen atoms in total. The number of hydrogen-bond donors (Lipinski definition) is 1. The summed E-state index contributed by atoms with van der Waals surface area (Å²) in [6, 6.07) is -0.126. The third kappa shape index (κ3) is 2.92. The molecule has 0 heterocycles. The molecule has 0 saturated heterocycles. The summed E-state index contributed by atoms with van der Waals surface area (Å²) in [4.78, 5) is 0. The number of rotatable bonds is 1. The largest absolute Gasteiger partial charge is 0.327 e. The van der Waals surface area contributed by atoms with Crippen molar-refractivity contribution in [3.8, 4) is 0 Å². The fourth-order valence-corrected chi connectivity index (χ4v) is 3.02. The Morgan fingerprint density at radius 2 is 1.75 bits per heavy atom. The topological polar surface area (TPSA) is 60.2 Å². The Morgan fingerprint density at radius 3 is 2.08 bits per heavy atom. The van der Waals surface area contributed by atoms with E-state index >= 15 is 0 Å². The summed E-state index contributed by atoms with van der Waals surface area (Å²) in [5.41, 5.74) is 5.69. The molecule has 0 amide bonds. The van der Waals surface area contributed by atoms with Crippen molar-refractivity contribution in [1.82, 2.24) is 0 Å². The maximum absolute atomic E-state index is 11.1. The molecule has 0 aromatic carbocycles. The predicted molar refractivity (Wildman–Crippen MR) is 52.3 cm³/mol. The highest BCUT2D eigenvalue weighted by molar-refractivity contribution is 7.91. The molecule has 0 aromatic rings. The average molecular weight is 214 g/mol. The van der Waals surface area contributed by atoms with E-state index in [0.29, 0.717) is 0 Å². The van der Waals surface area contributed by atoms with Gasteiger partial charge >= 0.3 is 0 Å². The van der Waals surface area contributed by atoms with Crippen LogP contribution in [0.3, 0.4) is 0 Å². The predicted octanol–water partition coefficient (Wildman–Crippen LogP) is 0.723. The van der Waals surface area contributed by atoms with Crippen molar-refractivity contribution in [1.29, 1.82) is 0 Å². The maximum atomic E-state index is 11.1. The van der Waals surface area contributed by atoms with E-state index in [1.165, 1.54) is 6.26 Å². The quantitative estimate of drug-likeness (QED) is 0.699. The molecule has 2 atom stereocenters. The highest BCUT2D eigenvalue weighted by Crippen LogP contribution is 2.22. The van der Waals surface area contributed by atoms with Crippen molar-refractivity contribution in [3.63, 3.8) is 0 Å². The summed E-state index contributed by atoms with van der Waals surface area (Å²) in [6.07, 6.45) is 4.97. The standard InChI is InChI=1S/C7H15NO2S.ClH/c1-11(9,10)7-5-3-2-4-6(7)8;/h6-7H,2-5,8H2,1H3;1H. The highest BCUT2D eigenvalue weighted by atomic mass is 35.5. The van der Waals surface area contributed by atoms with Gasteiger partial charge in [0.05, 0.1) is 5.25 Å². The second-order valence-corrected chi connectivity index (χ2v) is 5.58. The molecule has 5 heteroatoms. The Balaban J connectivity index is 0.00000121. The minimum atomic E-state index is -2.90. The van der Waals surface area contributed by atoms with Crippen molar-refractivity contribution in [2.24, 2.45) is 5.73 Å². The Bertz CT molecular complexity index is 228. The second kappa shape index (κ2) is 4.44. The number of nitrogens with two attached hydrogens (primary N) is 1. The Hall–Kier alpha value is 0.200. The van der Waals surface area contributed by atoms with Crippen LogP contribution < -0.4 is 5.73 Å². The van der Waals surface area contributed by atoms with Crippen LogP contribution in [-0.4, -0.2) is 26.0 Å². The van der Waals surface area contributed by atoms with Gasteiger partial charge in [-0.15, -0.1) is 12.4 Å². The molecule has 1 fully saturated rings. The molecule has 0 aliphatic heterocycles. The molecule has 0 aromatic heterocycles. The summed E-state index contributed by atoms with van der Waals surface area (Å²) in [5.74, 6) is 0. The van der Waals surface area contributed by atoms with Gasteiger partial charge in [-0.25, -0.2) is 8.42 Å². The molecule has 0 radical (unpaired) electrons. The van der Waals surface area contributed by atoms with E-state index in [4.69, 9.17) is 5.73 Å². The van der Waals surface area contributed by atoms with Crippen molar-refractivity contribution in [3.05, 3.63) is 0 Å². The summed E-state index contributed by atoms with van der Waals surface area (Å²) >= 11 is 0. The zero-order valence-corrected chi connectivity index (χ0v) is 8.83. The lowest BCUT2D eigenvalue weighted by Gasteiger charge is -2.26. The fourth-order valence-electron chi connectivity index (χ4n) is 1.66. The van der Waals surface area contributed by atoms with Crippen molar-refractivity contribution in [2.45, 2.75) is 37.0 Å². The molecule has 2 unspecified atom stereocenters. The van der Waals surface area contributed by atoms with E-state index < -0.39 is 9.84 Å². The monoisotopic (exact) mass is 213 g/mol. The first-order valence-corrected chi connectivity index (χ1v) is 5.92. The Morgan fingerprint density at radius 1 is 1.25 bits per heavy atom. The van der Waals surface area contributed by atoms with Gasteiger partial charge in [-0.1, -0.05) is 12.8 Å². The van der Waals surface area contributed by atoms with E-state index in [2.05, 4.69) is 0 Å². The van der Waals surface area contributed by atoms with E-state index in [1.807, 2.05) is 0 Å². The number of hydrogen-bond acceptors (Lipinski definition) is 3. The van der Waals surface area contributed by atoms with Crippen molar-refractivity contribution in [2.75, 3.05) is 6.26 Å². The van der Waals surface area contributed by atoms with Crippen LogP contribution in [0.25, 0.3) is 0 Å². The third-order valence-electron chi connectivity index (χ3n) is 2.30. The first-order valence-electron chi connectivity index (χ1n) is 3.96. The normalized spacial score (nSPS) is 30.8. The maximum Gasteiger partial charge on any atom is 0.151 e. The lowest BCUT2D eigenvalue weighted by molar-refractivity contribution is 0.433. The number of halogens is 1. The van der Waals surface area contributed by atoms with Crippen LogP contribution in [0.1, 0.15) is 25.7 Å². The van der Waals surface area contributed by atoms with Gasteiger partial charge in [0, 0.05) is 12.3 Å². The summed E-state index contributed by atoms with van der Waals surface area (Å²) in [5, 5.41) is -0.281. The van der Waals surface area contributed by atoms with Gasteiger partial charge < -0.3 is 5.73 Å². The smallest absolute Gasteiger partial charge is 0.151 e. The van der Waals surface area contributed by atoms with Crippen LogP contribution in [0.5, 0.6) is 0 Å². The lowest BCUT2D eigenvalue weighted by atomic mass is 9.96. The first-order chi connectivity index (χ1) is 5.02. The van der Waals surface area contributed by atoms with Crippen LogP contribution in [0, 0.1) is 0 Å². The molecule has 0 spiro atoms. The minimum Gasteiger partial charge on any atom is -0.327 e. The third-order valence-corrected chi connectivity index (χ3v) is 3.99.